The molecule has 1 fully saturated rings. The average molecular weight is 389 g/mol. The summed E-state index contributed by atoms with van der Waals surface area (Å²) in [6.07, 6.45) is -0.504. The second kappa shape index (κ2) is 6.45. The van der Waals surface area contributed by atoms with Crippen molar-refractivity contribution in [1.82, 2.24) is 20.0 Å². The van der Waals surface area contributed by atoms with Crippen LogP contribution in [0, 0.1) is 0 Å². The molecule has 3 amide bonds. The monoisotopic (exact) mass is 388 g/mol. The first kappa shape index (κ1) is 17.7. The molecular weight excluding hydrogens is 368 g/mol. The van der Waals surface area contributed by atoms with Crippen molar-refractivity contribution in [2.75, 3.05) is 25.5 Å². The standard InChI is InChI=1S/C18H21ClN6O2/c1-10-11(2)25-14-15(23(3)18(27)22-16(14)26)21-17(25)24(10)9-8-20-13-6-4-12(19)5-7-13/h4-7,14-15,20H,8-9H2,1-3H3,(H,22,26,27). The molecule has 1 aromatic rings. The molecule has 3 heterocycles. The number of fused-ring (bicyclic) bond motifs is 3. The van der Waals surface area contributed by atoms with Crippen LogP contribution in [0.1, 0.15) is 13.8 Å². The maximum atomic E-state index is 12.4. The number of nitrogens with zero attached hydrogens (tertiary/aromatic N) is 4. The number of guanidine groups is 1. The number of urea groups is 1. The molecule has 3 aliphatic heterocycles. The van der Waals surface area contributed by atoms with Crippen molar-refractivity contribution >= 4 is 35.2 Å². The smallest absolute Gasteiger partial charge is 0.325 e. The van der Waals surface area contributed by atoms with Crippen LogP contribution >= 0.6 is 11.6 Å². The number of carbonyl (C=O) groups is 2. The first-order valence-corrected chi connectivity index (χ1v) is 9.15. The predicted octanol–water partition coefficient (Wildman–Crippen LogP) is 1.87. The summed E-state index contributed by atoms with van der Waals surface area (Å²) >= 11 is 5.92. The summed E-state index contributed by atoms with van der Waals surface area (Å²) in [7, 11) is 1.66. The van der Waals surface area contributed by atoms with Crippen molar-refractivity contribution in [1.29, 1.82) is 0 Å². The summed E-state index contributed by atoms with van der Waals surface area (Å²) in [6.45, 7) is 5.36. The zero-order valence-corrected chi connectivity index (χ0v) is 16.1. The number of amides is 3. The molecule has 0 radical (unpaired) electrons. The Bertz CT molecular complexity index is 865. The number of benzene rings is 1. The van der Waals surface area contributed by atoms with Crippen LogP contribution in [0.5, 0.6) is 0 Å². The first-order chi connectivity index (χ1) is 12.9. The fourth-order valence-corrected chi connectivity index (χ4v) is 3.80. The van der Waals surface area contributed by atoms with Crippen LogP contribution in [-0.4, -0.2) is 64.9 Å². The first-order valence-electron chi connectivity index (χ1n) is 8.77. The number of allylic oxidation sites excluding steroid dienone is 2. The topological polar surface area (TPSA) is 80.3 Å². The van der Waals surface area contributed by atoms with Gasteiger partial charge in [-0.25, -0.2) is 9.79 Å². The second-order valence-corrected chi connectivity index (χ2v) is 7.26. The minimum atomic E-state index is -0.521. The molecule has 8 nitrogen and oxygen atoms in total. The SMILES string of the molecule is CC1=C(C)N2C(=NC3C2C(=O)NC(=O)N3C)N1CCNc1ccc(Cl)cc1. The highest BCUT2D eigenvalue weighted by molar-refractivity contribution is 6.30. The van der Waals surface area contributed by atoms with E-state index in [1.54, 1.807) is 7.05 Å². The van der Waals surface area contributed by atoms with Crippen molar-refractivity contribution < 1.29 is 9.59 Å². The number of aliphatic imine (C=N–C) groups is 1. The highest BCUT2D eigenvalue weighted by Crippen LogP contribution is 2.35. The van der Waals surface area contributed by atoms with E-state index in [1.165, 1.54) is 4.90 Å². The molecule has 0 spiro atoms. The normalized spacial score (nSPS) is 24.1. The zero-order valence-electron chi connectivity index (χ0n) is 15.4. The third-order valence-electron chi connectivity index (χ3n) is 5.28. The third kappa shape index (κ3) is 2.80. The maximum Gasteiger partial charge on any atom is 0.325 e. The molecule has 2 atom stereocenters. The maximum absolute atomic E-state index is 12.4. The summed E-state index contributed by atoms with van der Waals surface area (Å²) in [5, 5.41) is 6.46. The second-order valence-electron chi connectivity index (χ2n) is 6.82. The minimum Gasteiger partial charge on any atom is -0.383 e. The number of likely N-dealkylation sites (N-methyl/N-ethyl adjacent to an activating group) is 1. The Morgan fingerprint density at radius 3 is 2.59 bits per heavy atom. The molecule has 3 aliphatic rings. The quantitative estimate of drug-likeness (QED) is 0.823. The largest absolute Gasteiger partial charge is 0.383 e. The fourth-order valence-electron chi connectivity index (χ4n) is 3.67. The van der Waals surface area contributed by atoms with Gasteiger partial charge in [0, 0.05) is 42.2 Å². The van der Waals surface area contributed by atoms with Crippen LogP contribution in [0.15, 0.2) is 40.7 Å². The van der Waals surface area contributed by atoms with E-state index in [-0.39, 0.29) is 5.91 Å². The summed E-state index contributed by atoms with van der Waals surface area (Å²) in [4.78, 5) is 34.5. The zero-order chi connectivity index (χ0) is 19.3. The van der Waals surface area contributed by atoms with E-state index in [2.05, 4.69) is 15.5 Å². The summed E-state index contributed by atoms with van der Waals surface area (Å²) < 4.78 is 0. The minimum absolute atomic E-state index is 0.310. The molecule has 9 heteroatoms. The Morgan fingerprint density at radius 1 is 1.19 bits per heavy atom. The van der Waals surface area contributed by atoms with Crippen molar-refractivity contribution in [3.05, 3.63) is 40.7 Å². The fraction of sp³-hybridized carbons (Fsp3) is 0.389. The van der Waals surface area contributed by atoms with Crippen molar-refractivity contribution in [3.63, 3.8) is 0 Å². The third-order valence-corrected chi connectivity index (χ3v) is 5.53. The van der Waals surface area contributed by atoms with Gasteiger partial charge in [0.2, 0.25) is 5.96 Å². The van der Waals surface area contributed by atoms with E-state index in [0.29, 0.717) is 18.1 Å². The average Bonchev–Trinajstić information content (AvgIpc) is 3.13. The molecule has 0 saturated carbocycles. The molecule has 2 unspecified atom stereocenters. The number of rotatable bonds is 4. The molecule has 1 aromatic carbocycles. The van der Waals surface area contributed by atoms with Gasteiger partial charge in [0.05, 0.1) is 0 Å². The van der Waals surface area contributed by atoms with Gasteiger partial charge in [0.25, 0.3) is 5.91 Å². The van der Waals surface area contributed by atoms with Crippen LogP contribution in [-0.2, 0) is 4.79 Å². The molecule has 142 valence electrons. The predicted molar refractivity (Wildman–Crippen MR) is 103 cm³/mol. The van der Waals surface area contributed by atoms with Crippen LogP contribution in [0.4, 0.5) is 10.5 Å². The van der Waals surface area contributed by atoms with E-state index in [9.17, 15) is 9.59 Å². The van der Waals surface area contributed by atoms with E-state index in [4.69, 9.17) is 16.6 Å². The number of hydrogen-bond donors (Lipinski definition) is 2. The van der Waals surface area contributed by atoms with Crippen LogP contribution in [0.3, 0.4) is 0 Å². The van der Waals surface area contributed by atoms with Gasteiger partial charge >= 0.3 is 6.03 Å². The van der Waals surface area contributed by atoms with Crippen molar-refractivity contribution in [3.8, 4) is 0 Å². The van der Waals surface area contributed by atoms with Crippen molar-refractivity contribution in [2.24, 2.45) is 4.99 Å². The van der Waals surface area contributed by atoms with Crippen LogP contribution in [0.2, 0.25) is 5.02 Å². The lowest BCUT2D eigenvalue weighted by Crippen LogP contribution is -2.63. The molecule has 2 N–H and O–H groups in total. The Morgan fingerprint density at radius 2 is 1.89 bits per heavy atom. The van der Waals surface area contributed by atoms with Crippen LogP contribution in [0.25, 0.3) is 0 Å². The lowest BCUT2D eigenvalue weighted by molar-refractivity contribution is -0.126. The van der Waals surface area contributed by atoms with E-state index in [1.807, 2.05) is 43.0 Å². The number of imide groups is 1. The summed E-state index contributed by atoms with van der Waals surface area (Å²) in [5.41, 5.74) is 3.02. The van der Waals surface area contributed by atoms with Gasteiger partial charge in [0.15, 0.2) is 12.2 Å². The molecular formula is C18H21ClN6O2. The van der Waals surface area contributed by atoms with Gasteiger partial charge in [-0.15, -0.1) is 0 Å². The Balaban J connectivity index is 1.51. The molecule has 1 saturated heterocycles. The van der Waals surface area contributed by atoms with Gasteiger partial charge in [-0.1, -0.05) is 11.6 Å². The molecule has 0 bridgehead atoms. The summed E-state index contributed by atoms with van der Waals surface area (Å²) in [6, 6.07) is 6.60. The number of anilines is 1. The molecule has 4 rings (SSSR count). The van der Waals surface area contributed by atoms with Gasteiger partial charge in [-0.3, -0.25) is 15.0 Å². The Labute approximate surface area is 162 Å². The van der Waals surface area contributed by atoms with E-state index >= 15 is 0 Å². The van der Waals surface area contributed by atoms with Gasteiger partial charge in [-0.05, 0) is 38.1 Å². The molecule has 0 aromatic heterocycles. The highest BCUT2D eigenvalue weighted by atomic mass is 35.5. The number of hydrogen-bond acceptors (Lipinski definition) is 6. The summed E-state index contributed by atoms with van der Waals surface area (Å²) in [5.74, 6) is 0.407. The van der Waals surface area contributed by atoms with Crippen LogP contribution < -0.4 is 10.6 Å². The molecule has 27 heavy (non-hydrogen) atoms. The lowest BCUT2D eigenvalue weighted by atomic mass is 10.1. The van der Waals surface area contributed by atoms with Gasteiger partial charge in [0.1, 0.15) is 0 Å². The number of halogens is 1. The number of carbonyl (C=O) groups excluding carboxylic acids is 2. The van der Waals surface area contributed by atoms with Crippen molar-refractivity contribution in [2.45, 2.75) is 26.1 Å². The van der Waals surface area contributed by atoms with Gasteiger partial charge in [-0.2, -0.15) is 0 Å². The molecule has 0 aliphatic carbocycles. The highest BCUT2D eigenvalue weighted by Gasteiger charge is 2.52. The number of nitrogens with one attached hydrogen (secondary N) is 2. The van der Waals surface area contributed by atoms with E-state index in [0.717, 1.165) is 23.0 Å². The Kier molecular flexibility index (Phi) is 4.22. The van der Waals surface area contributed by atoms with E-state index < -0.39 is 18.2 Å². The van der Waals surface area contributed by atoms with Gasteiger partial charge < -0.3 is 15.1 Å². The lowest BCUT2D eigenvalue weighted by Gasteiger charge is -2.35. The Hall–Kier alpha value is -2.74.